The molecule has 0 aromatic rings. The maximum atomic E-state index is 12.2. The maximum Gasteiger partial charge on any atom is 0.225 e. The van der Waals surface area contributed by atoms with Gasteiger partial charge in [0.2, 0.25) is 5.91 Å². The third-order valence-electron chi connectivity index (χ3n) is 4.31. The van der Waals surface area contributed by atoms with E-state index in [0.717, 1.165) is 19.5 Å². The minimum Gasteiger partial charge on any atom is -0.342 e. The first kappa shape index (κ1) is 11.9. The Labute approximate surface area is 98.6 Å². The van der Waals surface area contributed by atoms with Crippen LogP contribution in [0.3, 0.4) is 0 Å². The van der Waals surface area contributed by atoms with Crippen molar-refractivity contribution in [3.63, 3.8) is 0 Å². The van der Waals surface area contributed by atoms with E-state index in [4.69, 9.17) is 0 Å². The molecule has 3 nitrogen and oxygen atoms in total. The van der Waals surface area contributed by atoms with Crippen LogP contribution in [0.5, 0.6) is 0 Å². The fourth-order valence-electron chi connectivity index (χ4n) is 2.86. The molecule has 1 heterocycles. The van der Waals surface area contributed by atoms with Crippen LogP contribution in [0.15, 0.2) is 0 Å². The van der Waals surface area contributed by atoms with Gasteiger partial charge in [-0.05, 0) is 38.1 Å². The van der Waals surface area contributed by atoms with Gasteiger partial charge in [0.05, 0.1) is 0 Å². The van der Waals surface area contributed by atoms with E-state index in [0.29, 0.717) is 23.8 Å². The number of likely N-dealkylation sites (tertiary alicyclic amines) is 1. The number of piperidine rings is 1. The highest BCUT2D eigenvalue weighted by atomic mass is 16.2. The third kappa shape index (κ3) is 2.40. The molecule has 2 rings (SSSR count). The van der Waals surface area contributed by atoms with Crippen LogP contribution in [0.1, 0.15) is 33.1 Å². The number of hydrogen-bond donors (Lipinski definition) is 1. The summed E-state index contributed by atoms with van der Waals surface area (Å²) in [5.74, 6) is 1.92. The van der Waals surface area contributed by atoms with E-state index in [9.17, 15) is 4.79 Å². The molecular formula is C13H24N2O. The summed E-state index contributed by atoms with van der Waals surface area (Å²) in [6.45, 7) is 6.21. The first-order valence-corrected chi connectivity index (χ1v) is 6.59. The summed E-state index contributed by atoms with van der Waals surface area (Å²) >= 11 is 0. The molecule has 92 valence electrons. The van der Waals surface area contributed by atoms with Gasteiger partial charge in [-0.25, -0.2) is 0 Å². The van der Waals surface area contributed by atoms with Gasteiger partial charge in [0, 0.05) is 25.0 Å². The van der Waals surface area contributed by atoms with Crippen LogP contribution in [0, 0.1) is 17.8 Å². The fraction of sp³-hybridized carbons (Fsp3) is 0.923. The molecule has 3 atom stereocenters. The van der Waals surface area contributed by atoms with Crippen molar-refractivity contribution in [1.82, 2.24) is 10.2 Å². The lowest BCUT2D eigenvalue weighted by Crippen LogP contribution is -2.50. The zero-order valence-electron chi connectivity index (χ0n) is 10.7. The van der Waals surface area contributed by atoms with Crippen molar-refractivity contribution in [2.75, 3.05) is 20.1 Å². The molecular weight excluding hydrogens is 200 g/mol. The van der Waals surface area contributed by atoms with Crippen molar-refractivity contribution < 1.29 is 4.79 Å². The van der Waals surface area contributed by atoms with E-state index in [1.165, 1.54) is 12.8 Å². The van der Waals surface area contributed by atoms with Crippen LogP contribution in [0.25, 0.3) is 0 Å². The highest BCUT2D eigenvalue weighted by molar-refractivity contribution is 5.79. The first-order chi connectivity index (χ1) is 7.63. The molecule has 1 aliphatic heterocycles. The zero-order chi connectivity index (χ0) is 11.7. The number of nitrogens with zero attached hydrogens (tertiary/aromatic N) is 1. The molecule has 0 bridgehead atoms. The Balaban J connectivity index is 1.88. The van der Waals surface area contributed by atoms with Crippen molar-refractivity contribution in [2.24, 2.45) is 17.8 Å². The molecule has 0 radical (unpaired) electrons. The van der Waals surface area contributed by atoms with E-state index in [1.54, 1.807) is 0 Å². The number of hydrogen-bond acceptors (Lipinski definition) is 2. The molecule has 1 aliphatic carbocycles. The molecule has 16 heavy (non-hydrogen) atoms. The maximum absolute atomic E-state index is 12.2. The average molecular weight is 224 g/mol. The Hall–Kier alpha value is -0.570. The largest absolute Gasteiger partial charge is 0.342 e. The summed E-state index contributed by atoms with van der Waals surface area (Å²) in [7, 11) is 2.02. The number of amides is 1. The van der Waals surface area contributed by atoms with Crippen molar-refractivity contribution in [3.8, 4) is 0 Å². The molecule has 1 saturated carbocycles. The second-order valence-corrected chi connectivity index (χ2v) is 5.57. The molecule has 0 spiro atoms. The fourth-order valence-corrected chi connectivity index (χ4v) is 2.86. The zero-order valence-corrected chi connectivity index (χ0v) is 10.7. The molecule has 3 heteroatoms. The van der Waals surface area contributed by atoms with Gasteiger partial charge in [-0.1, -0.05) is 13.8 Å². The molecule has 0 aromatic carbocycles. The number of rotatable bonds is 3. The van der Waals surface area contributed by atoms with Gasteiger partial charge in [0.1, 0.15) is 0 Å². The number of carbonyl (C=O) groups is 1. The molecule has 1 N–H and O–H groups in total. The van der Waals surface area contributed by atoms with E-state index in [2.05, 4.69) is 24.1 Å². The smallest absolute Gasteiger partial charge is 0.225 e. The van der Waals surface area contributed by atoms with Gasteiger partial charge in [-0.15, -0.1) is 0 Å². The minimum atomic E-state index is 0.262. The Morgan fingerprint density at radius 2 is 2.06 bits per heavy atom. The lowest BCUT2D eigenvalue weighted by atomic mass is 9.92. The average Bonchev–Trinajstić information content (AvgIpc) is 3.11. The van der Waals surface area contributed by atoms with Gasteiger partial charge in [-0.3, -0.25) is 4.79 Å². The topological polar surface area (TPSA) is 32.3 Å². The summed E-state index contributed by atoms with van der Waals surface area (Å²) < 4.78 is 0. The molecule has 0 aromatic heterocycles. The van der Waals surface area contributed by atoms with Crippen LogP contribution >= 0.6 is 0 Å². The molecule has 2 aliphatic rings. The minimum absolute atomic E-state index is 0.262. The van der Waals surface area contributed by atoms with E-state index in [1.807, 2.05) is 7.05 Å². The van der Waals surface area contributed by atoms with Gasteiger partial charge in [0.15, 0.2) is 0 Å². The molecule has 3 unspecified atom stereocenters. The lowest BCUT2D eigenvalue weighted by molar-refractivity contribution is -0.137. The Morgan fingerprint density at radius 3 is 2.56 bits per heavy atom. The Morgan fingerprint density at radius 1 is 1.38 bits per heavy atom. The number of nitrogens with one attached hydrogen (secondary N) is 1. The number of carbonyl (C=O) groups excluding carboxylic acids is 1. The predicted octanol–water partition coefficient (Wildman–Crippen LogP) is 1.49. The summed E-state index contributed by atoms with van der Waals surface area (Å²) in [5.41, 5.74) is 0. The summed E-state index contributed by atoms with van der Waals surface area (Å²) in [5, 5.41) is 3.34. The Bertz CT molecular complexity index is 263. The predicted molar refractivity (Wildman–Crippen MR) is 65.1 cm³/mol. The van der Waals surface area contributed by atoms with E-state index in [-0.39, 0.29) is 5.92 Å². The summed E-state index contributed by atoms with van der Waals surface area (Å²) in [6, 6.07) is 0.584. The highest BCUT2D eigenvalue weighted by Gasteiger charge is 2.36. The van der Waals surface area contributed by atoms with E-state index < -0.39 is 0 Å². The third-order valence-corrected chi connectivity index (χ3v) is 4.31. The molecule has 2 fully saturated rings. The first-order valence-electron chi connectivity index (χ1n) is 6.59. The second kappa shape index (κ2) is 4.74. The normalized spacial score (nSPS) is 32.6. The molecule has 1 saturated heterocycles. The van der Waals surface area contributed by atoms with Crippen molar-refractivity contribution in [1.29, 1.82) is 0 Å². The highest BCUT2D eigenvalue weighted by Crippen LogP contribution is 2.37. The second-order valence-electron chi connectivity index (χ2n) is 5.57. The van der Waals surface area contributed by atoms with Crippen LogP contribution < -0.4 is 5.32 Å². The molecule has 1 amide bonds. The van der Waals surface area contributed by atoms with Crippen LogP contribution in [0.2, 0.25) is 0 Å². The van der Waals surface area contributed by atoms with Crippen LogP contribution in [-0.4, -0.2) is 37.0 Å². The van der Waals surface area contributed by atoms with Crippen molar-refractivity contribution >= 4 is 5.91 Å². The summed E-state index contributed by atoms with van der Waals surface area (Å²) in [6.07, 6.45) is 3.62. The monoisotopic (exact) mass is 224 g/mol. The van der Waals surface area contributed by atoms with Gasteiger partial charge in [0.25, 0.3) is 0 Å². The van der Waals surface area contributed by atoms with Gasteiger partial charge in [-0.2, -0.15) is 0 Å². The van der Waals surface area contributed by atoms with Crippen LogP contribution in [0.4, 0.5) is 0 Å². The van der Waals surface area contributed by atoms with Crippen molar-refractivity contribution in [2.45, 2.75) is 39.2 Å². The van der Waals surface area contributed by atoms with Gasteiger partial charge < -0.3 is 10.2 Å². The Kier molecular flexibility index (Phi) is 3.53. The summed E-state index contributed by atoms with van der Waals surface area (Å²) in [4.78, 5) is 14.3. The van der Waals surface area contributed by atoms with Crippen molar-refractivity contribution in [3.05, 3.63) is 0 Å². The SMILES string of the molecule is CNC1CCN(C(=O)C(C)C2CC2)CC1C. The lowest BCUT2D eigenvalue weighted by Gasteiger charge is -2.38. The van der Waals surface area contributed by atoms with E-state index >= 15 is 0 Å². The quantitative estimate of drug-likeness (QED) is 0.787. The standard InChI is InChI=1S/C13H24N2O/c1-9-8-15(7-6-12(9)14-3)13(16)10(2)11-4-5-11/h9-12,14H,4-8H2,1-3H3. The van der Waals surface area contributed by atoms with Crippen LogP contribution in [-0.2, 0) is 4.79 Å². The van der Waals surface area contributed by atoms with Gasteiger partial charge >= 0.3 is 0 Å².